The topological polar surface area (TPSA) is 86.0 Å². The van der Waals surface area contributed by atoms with Crippen molar-refractivity contribution in [2.75, 3.05) is 5.32 Å². The van der Waals surface area contributed by atoms with E-state index in [2.05, 4.69) is 17.2 Å². The van der Waals surface area contributed by atoms with Gasteiger partial charge in [-0.05, 0) is 12.5 Å². The number of fused-ring (bicyclic) bond motifs is 1. The molecule has 0 saturated carbocycles. The van der Waals surface area contributed by atoms with Crippen molar-refractivity contribution in [3.05, 3.63) is 33.1 Å². The van der Waals surface area contributed by atoms with E-state index in [1.54, 1.807) is 13.1 Å². The second kappa shape index (κ2) is 7.90. The van der Waals surface area contributed by atoms with Crippen LogP contribution in [-0.4, -0.2) is 20.0 Å². The van der Waals surface area contributed by atoms with E-state index in [9.17, 15) is 14.4 Å². The summed E-state index contributed by atoms with van der Waals surface area (Å²) < 4.78 is 2.35. The van der Waals surface area contributed by atoms with Gasteiger partial charge in [-0.25, -0.2) is 9.78 Å². The molecular formula is C17H24N4O3. The molecular weight excluding hydrogens is 308 g/mol. The average molecular weight is 332 g/mol. The van der Waals surface area contributed by atoms with Gasteiger partial charge < -0.3 is 5.32 Å². The normalized spacial score (nSPS) is 11.0. The highest BCUT2D eigenvalue weighted by atomic mass is 16.2. The van der Waals surface area contributed by atoms with Crippen molar-refractivity contribution in [2.45, 2.75) is 45.4 Å². The van der Waals surface area contributed by atoms with Crippen molar-refractivity contribution in [3.8, 4) is 0 Å². The van der Waals surface area contributed by atoms with Gasteiger partial charge in [0, 0.05) is 20.5 Å². The molecule has 1 N–H and O–H groups in total. The Hall–Kier alpha value is -2.44. The van der Waals surface area contributed by atoms with Crippen LogP contribution < -0.4 is 16.6 Å². The smallest absolute Gasteiger partial charge is 0.325 e. The molecule has 130 valence electrons. The molecule has 2 aromatic rings. The van der Waals surface area contributed by atoms with Crippen molar-refractivity contribution in [1.29, 1.82) is 0 Å². The van der Waals surface area contributed by atoms with Crippen LogP contribution in [0, 0.1) is 0 Å². The van der Waals surface area contributed by atoms with Gasteiger partial charge in [-0.1, -0.05) is 32.6 Å². The summed E-state index contributed by atoms with van der Waals surface area (Å²) in [6.45, 7) is 2.15. The summed E-state index contributed by atoms with van der Waals surface area (Å²) in [4.78, 5) is 40.2. The number of nitrogens with zero attached hydrogens (tertiary/aromatic N) is 3. The summed E-state index contributed by atoms with van der Waals surface area (Å²) in [6.07, 6.45) is 7.32. The van der Waals surface area contributed by atoms with Gasteiger partial charge in [-0.2, -0.15) is 0 Å². The first-order valence-electron chi connectivity index (χ1n) is 8.31. The first-order chi connectivity index (χ1) is 11.5. The molecule has 1 amide bonds. The second-order valence-corrected chi connectivity index (χ2v) is 6.01. The quantitative estimate of drug-likeness (QED) is 0.785. The maximum atomic E-state index is 12.2. The highest BCUT2D eigenvalue weighted by Crippen LogP contribution is 2.13. The van der Waals surface area contributed by atoms with Crippen LogP contribution >= 0.6 is 0 Å². The maximum absolute atomic E-state index is 12.2. The Labute approximate surface area is 140 Å². The number of rotatable bonds is 7. The fourth-order valence-electron chi connectivity index (χ4n) is 2.65. The Bertz CT molecular complexity index is 851. The van der Waals surface area contributed by atoms with Crippen LogP contribution in [0.3, 0.4) is 0 Å². The number of anilines is 1. The molecule has 0 aliphatic carbocycles. The summed E-state index contributed by atoms with van der Waals surface area (Å²) in [5.41, 5.74) is -0.0717. The molecule has 7 nitrogen and oxygen atoms in total. The van der Waals surface area contributed by atoms with Gasteiger partial charge in [0.15, 0.2) is 0 Å². The second-order valence-electron chi connectivity index (χ2n) is 6.01. The van der Waals surface area contributed by atoms with Crippen molar-refractivity contribution in [1.82, 2.24) is 14.1 Å². The lowest BCUT2D eigenvalue weighted by atomic mass is 10.1. The Kier molecular flexibility index (Phi) is 5.89. The zero-order valence-corrected chi connectivity index (χ0v) is 14.5. The van der Waals surface area contributed by atoms with E-state index in [0.717, 1.165) is 23.8 Å². The van der Waals surface area contributed by atoms with Crippen molar-refractivity contribution >= 4 is 22.6 Å². The van der Waals surface area contributed by atoms with Crippen molar-refractivity contribution in [2.24, 2.45) is 14.1 Å². The monoisotopic (exact) mass is 332 g/mol. The summed E-state index contributed by atoms with van der Waals surface area (Å²) in [7, 11) is 2.98. The zero-order valence-electron chi connectivity index (χ0n) is 14.5. The van der Waals surface area contributed by atoms with E-state index in [1.807, 2.05) is 0 Å². The van der Waals surface area contributed by atoms with Crippen LogP contribution in [0.15, 0.2) is 21.9 Å². The maximum Gasteiger partial charge on any atom is 0.332 e. The zero-order chi connectivity index (χ0) is 17.7. The molecule has 2 heterocycles. The number of unbranched alkanes of at least 4 members (excludes halogenated alkanes) is 4. The third-order valence-electron chi connectivity index (χ3n) is 4.08. The molecule has 7 heteroatoms. The molecule has 0 aliphatic rings. The Morgan fingerprint density at radius 3 is 2.54 bits per heavy atom. The first-order valence-corrected chi connectivity index (χ1v) is 8.31. The van der Waals surface area contributed by atoms with E-state index in [-0.39, 0.29) is 5.91 Å². The number of hydrogen-bond acceptors (Lipinski definition) is 4. The SMILES string of the molecule is CCCCCCCC(=O)Nc1cnc2c(c1)c(=O)n(C)c(=O)n2C. The molecule has 0 bridgehead atoms. The summed E-state index contributed by atoms with van der Waals surface area (Å²) >= 11 is 0. The van der Waals surface area contributed by atoms with Gasteiger partial charge in [0.25, 0.3) is 5.56 Å². The molecule has 0 atom stereocenters. The fourth-order valence-corrected chi connectivity index (χ4v) is 2.65. The lowest BCUT2D eigenvalue weighted by Crippen LogP contribution is -2.37. The number of aromatic nitrogens is 3. The van der Waals surface area contributed by atoms with Crippen LogP contribution in [0.4, 0.5) is 5.69 Å². The van der Waals surface area contributed by atoms with Crippen LogP contribution in [0.25, 0.3) is 11.0 Å². The van der Waals surface area contributed by atoms with Gasteiger partial charge in [0.05, 0.1) is 17.3 Å². The largest absolute Gasteiger partial charge is 0.332 e. The van der Waals surface area contributed by atoms with E-state index >= 15 is 0 Å². The lowest BCUT2D eigenvalue weighted by Gasteiger charge is -2.09. The van der Waals surface area contributed by atoms with Gasteiger partial charge in [-0.3, -0.25) is 18.7 Å². The molecule has 24 heavy (non-hydrogen) atoms. The molecule has 0 aliphatic heterocycles. The molecule has 0 fully saturated rings. The highest BCUT2D eigenvalue weighted by Gasteiger charge is 2.11. The van der Waals surface area contributed by atoms with Gasteiger partial charge in [0.2, 0.25) is 5.91 Å². The van der Waals surface area contributed by atoms with E-state index in [1.165, 1.54) is 30.7 Å². The minimum absolute atomic E-state index is 0.0886. The number of pyridine rings is 1. The third-order valence-corrected chi connectivity index (χ3v) is 4.08. The number of carbonyl (C=O) groups is 1. The van der Waals surface area contributed by atoms with Gasteiger partial charge >= 0.3 is 5.69 Å². The van der Waals surface area contributed by atoms with E-state index in [0.29, 0.717) is 23.1 Å². The first kappa shape index (κ1) is 17.9. The number of nitrogens with one attached hydrogen (secondary N) is 1. The van der Waals surface area contributed by atoms with Crippen LogP contribution in [0.1, 0.15) is 45.4 Å². The molecule has 0 radical (unpaired) electrons. The average Bonchev–Trinajstić information content (AvgIpc) is 2.57. The third kappa shape index (κ3) is 3.90. The molecule has 2 rings (SSSR count). The predicted molar refractivity (Wildman–Crippen MR) is 94.2 cm³/mol. The number of amides is 1. The fraction of sp³-hybridized carbons (Fsp3) is 0.529. The Balaban J connectivity index is 2.12. The molecule has 0 aromatic carbocycles. The number of hydrogen-bond donors (Lipinski definition) is 1. The Morgan fingerprint density at radius 1 is 1.12 bits per heavy atom. The minimum atomic E-state index is -0.427. The summed E-state index contributed by atoms with van der Waals surface area (Å²) in [5.74, 6) is -0.0886. The summed E-state index contributed by atoms with van der Waals surface area (Å²) in [6, 6.07) is 1.57. The Morgan fingerprint density at radius 2 is 1.83 bits per heavy atom. The van der Waals surface area contributed by atoms with Crippen molar-refractivity contribution in [3.63, 3.8) is 0 Å². The molecule has 2 aromatic heterocycles. The molecule has 0 spiro atoms. The van der Waals surface area contributed by atoms with Crippen LogP contribution in [0.2, 0.25) is 0 Å². The minimum Gasteiger partial charge on any atom is -0.325 e. The predicted octanol–water partition coefficient (Wildman–Crippen LogP) is 1.93. The van der Waals surface area contributed by atoms with E-state index < -0.39 is 11.2 Å². The summed E-state index contributed by atoms with van der Waals surface area (Å²) in [5, 5.41) is 3.07. The van der Waals surface area contributed by atoms with Gasteiger partial charge in [-0.15, -0.1) is 0 Å². The molecule has 0 saturated heterocycles. The number of aryl methyl sites for hydroxylation is 1. The standard InChI is InChI=1S/C17H24N4O3/c1-4-5-6-7-8-9-14(22)19-12-10-13-15(18-11-12)20(2)17(24)21(3)16(13)23/h10-11H,4-9H2,1-3H3,(H,19,22). The lowest BCUT2D eigenvalue weighted by molar-refractivity contribution is -0.116. The van der Waals surface area contributed by atoms with Crippen LogP contribution in [-0.2, 0) is 18.9 Å². The number of carbonyl (C=O) groups excluding carboxylic acids is 1. The van der Waals surface area contributed by atoms with Crippen molar-refractivity contribution < 1.29 is 4.79 Å². The highest BCUT2D eigenvalue weighted by molar-refractivity contribution is 5.92. The van der Waals surface area contributed by atoms with Crippen LogP contribution in [0.5, 0.6) is 0 Å². The van der Waals surface area contributed by atoms with E-state index in [4.69, 9.17) is 0 Å². The molecule has 0 unspecified atom stereocenters. The van der Waals surface area contributed by atoms with Gasteiger partial charge in [0.1, 0.15) is 5.65 Å².